The predicted octanol–water partition coefficient (Wildman–Crippen LogP) is 1.81. The number of likely N-dealkylation sites (tertiary alicyclic amines) is 1. The molecule has 0 unspecified atom stereocenters. The Labute approximate surface area is 103 Å². The van der Waals surface area contributed by atoms with Crippen LogP contribution in [0.5, 0.6) is 0 Å². The number of nitrogen functional groups attached to an aromatic ring is 1. The standard InChI is InChI=1S/C13H22N4/c1-13(5-7-17(2)8-6-13)10-16-12-4-3-11(14)9-15-12/h3-4,9H,5-8,10,14H2,1-2H3,(H,15,16). The van der Waals surface area contributed by atoms with Crippen LogP contribution in [0.2, 0.25) is 0 Å². The van der Waals surface area contributed by atoms with Gasteiger partial charge in [-0.25, -0.2) is 4.98 Å². The Kier molecular flexibility index (Phi) is 3.52. The van der Waals surface area contributed by atoms with Gasteiger partial charge in [-0.2, -0.15) is 0 Å². The lowest BCUT2D eigenvalue weighted by Gasteiger charge is -2.38. The molecule has 0 spiro atoms. The molecule has 0 amide bonds. The van der Waals surface area contributed by atoms with Crippen molar-refractivity contribution in [2.24, 2.45) is 5.41 Å². The van der Waals surface area contributed by atoms with Crippen LogP contribution in [-0.4, -0.2) is 36.6 Å². The van der Waals surface area contributed by atoms with E-state index in [-0.39, 0.29) is 0 Å². The second kappa shape index (κ2) is 4.92. The molecule has 2 heterocycles. The highest BCUT2D eigenvalue weighted by Gasteiger charge is 2.28. The lowest BCUT2D eigenvalue weighted by Crippen LogP contribution is -2.40. The van der Waals surface area contributed by atoms with Crippen LogP contribution in [-0.2, 0) is 0 Å². The van der Waals surface area contributed by atoms with E-state index in [9.17, 15) is 0 Å². The second-order valence-corrected chi connectivity index (χ2v) is 5.44. The second-order valence-electron chi connectivity index (χ2n) is 5.44. The molecule has 1 aromatic rings. The Hall–Kier alpha value is -1.29. The van der Waals surface area contributed by atoms with Gasteiger partial charge in [0.25, 0.3) is 0 Å². The van der Waals surface area contributed by atoms with Crippen LogP contribution < -0.4 is 11.1 Å². The Balaban J connectivity index is 1.87. The maximum absolute atomic E-state index is 5.61. The van der Waals surface area contributed by atoms with Crippen LogP contribution in [0.4, 0.5) is 11.5 Å². The molecule has 2 rings (SSSR count). The van der Waals surface area contributed by atoms with E-state index >= 15 is 0 Å². The molecule has 1 aliphatic rings. The van der Waals surface area contributed by atoms with Gasteiger partial charge in [-0.15, -0.1) is 0 Å². The van der Waals surface area contributed by atoms with Crippen molar-refractivity contribution in [2.75, 3.05) is 37.7 Å². The molecule has 4 heteroatoms. The quantitative estimate of drug-likeness (QED) is 0.837. The first kappa shape index (κ1) is 12.2. The summed E-state index contributed by atoms with van der Waals surface area (Å²) in [6, 6.07) is 3.82. The van der Waals surface area contributed by atoms with Crippen molar-refractivity contribution in [1.82, 2.24) is 9.88 Å². The number of rotatable bonds is 3. The summed E-state index contributed by atoms with van der Waals surface area (Å²) in [5.41, 5.74) is 6.70. The first-order chi connectivity index (χ1) is 8.07. The molecule has 4 nitrogen and oxygen atoms in total. The van der Waals surface area contributed by atoms with Crippen molar-refractivity contribution in [3.8, 4) is 0 Å². The molecular formula is C13H22N4. The molecule has 94 valence electrons. The van der Waals surface area contributed by atoms with Gasteiger partial charge in [0.1, 0.15) is 5.82 Å². The number of nitrogens with two attached hydrogens (primary N) is 1. The van der Waals surface area contributed by atoms with Crippen molar-refractivity contribution in [3.05, 3.63) is 18.3 Å². The van der Waals surface area contributed by atoms with E-state index in [0.29, 0.717) is 11.1 Å². The molecule has 1 fully saturated rings. The average molecular weight is 234 g/mol. The van der Waals surface area contributed by atoms with Crippen LogP contribution in [0, 0.1) is 5.41 Å². The third-order valence-corrected chi connectivity index (χ3v) is 3.68. The summed E-state index contributed by atoms with van der Waals surface area (Å²) in [6.45, 7) is 5.71. The number of piperidine rings is 1. The lowest BCUT2D eigenvalue weighted by atomic mass is 9.80. The van der Waals surface area contributed by atoms with E-state index in [1.165, 1.54) is 25.9 Å². The number of pyridine rings is 1. The molecule has 3 N–H and O–H groups in total. The third-order valence-electron chi connectivity index (χ3n) is 3.68. The van der Waals surface area contributed by atoms with Gasteiger partial charge in [-0.3, -0.25) is 0 Å². The van der Waals surface area contributed by atoms with Crippen molar-refractivity contribution in [1.29, 1.82) is 0 Å². The van der Waals surface area contributed by atoms with Crippen LogP contribution in [0.25, 0.3) is 0 Å². The molecule has 0 radical (unpaired) electrons. The van der Waals surface area contributed by atoms with Gasteiger partial charge in [0.2, 0.25) is 0 Å². The van der Waals surface area contributed by atoms with Crippen LogP contribution >= 0.6 is 0 Å². The molecule has 17 heavy (non-hydrogen) atoms. The minimum atomic E-state index is 0.385. The average Bonchev–Trinajstić information content (AvgIpc) is 2.33. The fraction of sp³-hybridized carbons (Fsp3) is 0.615. The summed E-state index contributed by atoms with van der Waals surface area (Å²) in [5, 5.41) is 3.41. The number of anilines is 2. The maximum atomic E-state index is 5.61. The zero-order valence-electron chi connectivity index (χ0n) is 10.7. The van der Waals surface area contributed by atoms with Gasteiger partial charge in [-0.05, 0) is 50.5 Å². The first-order valence-electron chi connectivity index (χ1n) is 6.21. The SMILES string of the molecule is CN1CCC(C)(CNc2ccc(N)cn2)CC1. The Morgan fingerprint density at radius 3 is 2.71 bits per heavy atom. The minimum absolute atomic E-state index is 0.385. The maximum Gasteiger partial charge on any atom is 0.126 e. The normalized spacial score (nSPS) is 20.1. The Morgan fingerprint density at radius 2 is 2.12 bits per heavy atom. The van der Waals surface area contributed by atoms with Crippen LogP contribution in [0.15, 0.2) is 18.3 Å². The van der Waals surface area contributed by atoms with Gasteiger partial charge >= 0.3 is 0 Å². The molecule has 0 aromatic carbocycles. The van der Waals surface area contributed by atoms with E-state index in [0.717, 1.165) is 12.4 Å². The Morgan fingerprint density at radius 1 is 1.41 bits per heavy atom. The van der Waals surface area contributed by atoms with E-state index < -0.39 is 0 Å². The van der Waals surface area contributed by atoms with Crippen LogP contribution in [0.1, 0.15) is 19.8 Å². The van der Waals surface area contributed by atoms with Crippen molar-refractivity contribution >= 4 is 11.5 Å². The van der Waals surface area contributed by atoms with Crippen molar-refractivity contribution in [2.45, 2.75) is 19.8 Å². The number of nitrogens with zero attached hydrogens (tertiary/aromatic N) is 2. The fourth-order valence-corrected chi connectivity index (χ4v) is 2.15. The highest BCUT2D eigenvalue weighted by Crippen LogP contribution is 2.30. The first-order valence-corrected chi connectivity index (χ1v) is 6.21. The number of hydrogen-bond donors (Lipinski definition) is 2. The molecule has 1 aliphatic heterocycles. The molecule has 1 aromatic heterocycles. The van der Waals surface area contributed by atoms with E-state index in [1.807, 2.05) is 12.1 Å². The van der Waals surface area contributed by atoms with E-state index in [2.05, 4.69) is 29.2 Å². The molecule has 0 saturated carbocycles. The topological polar surface area (TPSA) is 54.2 Å². The predicted molar refractivity (Wildman–Crippen MR) is 72.0 cm³/mol. The fourth-order valence-electron chi connectivity index (χ4n) is 2.15. The summed E-state index contributed by atoms with van der Waals surface area (Å²) in [5.74, 6) is 0.916. The van der Waals surface area contributed by atoms with E-state index in [4.69, 9.17) is 5.73 Å². The highest BCUT2D eigenvalue weighted by atomic mass is 15.1. The van der Waals surface area contributed by atoms with Gasteiger partial charge in [-0.1, -0.05) is 6.92 Å². The molecule has 0 atom stereocenters. The van der Waals surface area contributed by atoms with Crippen molar-refractivity contribution < 1.29 is 0 Å². The zero-order valence-corrected chi connectivity index (χ0v) is 10.7. The minimum Gasteiger partial charge on any atom is -0.397 e. The summed E-state index contributed by atoms with van der Waals surface area (Å²) in [4.78, 5) is 6.65. The molecule has 0 bridgehead atoms. The summed E-state index contributed by atoms with van der Waals surface area (Å²) in [6.07, 6.45) is 4.18. The smallest absolute Gasteiger partial charge is 0.126 e. The third kappa shape index (κ3) is 3.33. The summed E-state index contributed by atoms with van der Waals surface area (Å²) in [7, 11) is 2.19. The van der Waals surface area contributed by atoms with Gasteiger partial charge < -0.3 is 16.0 Å². The highest BCUT2D eigenvalue weighted by molar-refractivity contribution is 5.43. The molecule has 0 aliphatic carbocycles. The van der Waals surface area contributed by atoms with Gasteiger partial charge in [0.15, 0.2) is 0 Å². The monoisotopic (exact) mass is 234 g/mol. The van der Waals surface area contributed by atoms with E-state index in [1.54, 1.807) is 6.20 Å². The summed E-state index contributed by atoms with van der Waals surface area (Å²) < 4.78 is 0. The number of hydrogen-bond acceptors (Lipinski definition) is 4. The van der Waals surface area contributed by atoms with Gasteiger partial charge in [0.05, 0.1) is 11.9 Å². The van der Waals surface area contributed by atoms with Crippen LogP contribution in [0.3, 0.4) is 0 Å². The molecule has 1 saturated heterocycles. The largest absolute Gasteiger partial charge is 0.397 e. The van der Waals surface area contributed by atoms with Crippen molar-refractivity contribution in [3.63, 3.8) is 0 Å². The lowest BCUT2D eigenvalue weighted by molar-refractivity contribution is 0.150. The zero-order chi connectivity index (χ0) is 12.3. The Bertz CT molecular complexity index is 352. The van der Waals surface area contributed by atoms with Gasteiger partial charge in [0, 0.05) is 6.54 Å². The number of aromatic nitrogens is 1. The molecular weight excluding hydrogens is 212 g/mol. The number of nitrogens with one attached hydrogen (secondary N) is 1. The summed E-state index contributed by atoms with van der Waals surface area (Å²) >= 11 is 0.